The average molecular weight is 461 g/mol. The Morgan fingerprint density at radius 3 is 2.34 bits per heavy atom. The maximum absolute atomic E-state index is 12.6. The van der Waals surface area contributed by atoms with Crippen molar-refractivity contribution in [2.75, 3.05) is 26.2 Å². The second-order valence-electron chi connectivity index (χ2n) is 8.17. The average Bonchev–Trinajstić information content (AvgIpc) is 3.33. The fourth-order valence-corrected chi connectivity index (χ4v) is 5.10. The predicted molar refractivity (Wildman–Crippen MR) is 124 cm³/mol. The van der Waals surface area contributed by atoms with Crippen LogP contribution in [0.5, 0.6) is 11.5 Å². The molecule has 1 unspecified atom stereocenters. The van der Waals surface area contributed by atoms with E-state index in [0.717, 1.165) is 18.4 Å². The molecule has 0 aliphatic carbocycles. The molecule has 1 saturated heterocycles. The third kappa shape index (κ3) is 6.01. The number of nitrogens with one attached hydrogen (secondary N) is 1. The van der Waals surface area contributed by atoms with E-state index in [-0.39, 0.29) is 17.4 Å². The highest BCUT2D eigenvalue weighted by Crippen LogP contribution is 2.27. The first-order valence-electron chi connectivity index (χ1n) is 11.1. The highest BCUT2D eigenvalue weighted by molar-refractivity contribution is 7.89. The lowest BCUT2D eigenvalue weighted by Gasteiger charge is -2.18. The van der Waals surface area contributed by atoms with Crippen LogP contribution in [0.1, 0.15) is 45.1 Å². The van der Waals surface area contributed by atoms with Crippen LogP contribution in [0.15, 0.2) is 53.4 Å². The lowest BCUT2D eigenvalue weighted by Crippen LogP contribution is -2.38. The standard InChI is InChI=1S/C24H32N2O5S/c1-18(2)22-8-4-5-9-23(22)31-19(3)24(27)25-14-17-30-20-10-12-21(13-11-20)32(28,29)26-15-6-7-16-26/h4-5,8-13,18-19H,6-7,14-17H2,1-3H3,(H,25,27). The molecule has 3 rings (SSSR count). The SMILES string of the molecule is CC(Oc1ccccc1C(C)C)C(=O)NCCOc1ccc(S(=O)(=O)N2CCCC2)cc1. The third-order valence-corrected chi connectivity index (χ3v) is 7.32. The van der Waals surface area contributed by atoms with Crippen molar-refractivity contribution in [3.05, 3.63) is 54.1 Å². The van der Waals surface area contributed by atoms with Crippen molar-refractivity contribution in [1.29, 1.82) is 0 Å². The summed E-state index contributed by atoms with van der Waals surface area (Å²) in [5, 5.41) is 2.80. The minimum absolute atomic E-state index is 0.223. The van der Waals surface area contributed by atoms with Gasteiger partial charge in [0.25, 0.3) is 5.91 Å². The van der Waals surface area contributed by atoms with Crippen LogP contribution in [0.3, 0.4) is 0 Å². The number of nitrogens with zero attached hydrogens (tertiary/aromatic N) is 1. The second-order valence-corrected chi connectivity index (χ2v) is 10.1. The Kier molecular flexibility index (Phi) is 8.15. The second kappa shape index (κ2) is 10.8. The maximum Gasteiger partial charge on any atom is 0.260 e. The fourth-order valence-electron chi connectivity index (χ4n) is 3.58. The van der Waals surface area contributed by atoms with Crippen molar-refractivity contribution >= 4 is 15.9 Å². The molecule has 0 saturated carbocycles. The van der Waals surface area contributed by atoms with Crippen molar-refractivity contribution in [1.82, 2.24) is 9.62 Å². The van der Waals surface area contributed by atoms with Gasteiger partial charge in [-0.1, -0.05) is 32.0 Å². The van der Waals surface area contributed by atoms with Crippen molar-refractivity contribution in [3.8, 4) is 11.5 Å². The van der Waals surface area contributed by atoms with Crippen LogP contribution in [0, 0.1) is 0 Å². The number of sulfonamides is 1. The molecular formula is C24H32N2O5S. The number of hydrogen-bond acceptors (Lipinski definition) is 5. The van der Waals surface area contributed by atoms with Gasteiger partial charge in [0, 0.05) is 13.1 Å². The number of para-hydroxylation sites is 1. The number of rotatable bonds is 10. The van der Waals surface area contributed by atoms with Crippen molar-refractivity contribution in [2.45, 2.75) is 50.5 Å². The molecule has 1 aliphatic rings. The molecule has 2 aromatic carbocycles. The smallest absolute Gasteiger partial charge is 0.260 e. The first kappa shape index (κ1) is 24.1. The van der Waals surface area contributed by atoms with Gasteiger partial charge in [-0.2, -0.15) is 4.31 Å². The maximum atomic E-state index is 12.6. The predicted octanol–water partition coefficient (Wildman–Crippen LogP) is 3.56. The zero-order chi connectivity index (χ0) is 23.1. The molecule has 7 nitrogen and oxygen atoms in total. The molecule has 1 atom stereocenters. The van der Waals surface area contributed by atoms with Gasteiger partial charge < -0.3 is 14.8 Å². The quantitative estimate of drug-likeness (QED) is 0.548. The molecular weight excluding hydrogens is 428 g/mol. The molecule has 1 aliphatic heterocycles. The van der Waals surface area contributed by atoms with E-state index in [0.29, 0.717) is 37.1 Å². The van der Waals surface area contributed by atoms with Crippen LogP contribution in [-0.4, -0.2) is 51.0 Å². The van der Waals surface area contributed by atoms with Gasteiger partial charge >= 0.3 is 0 Å². The molecule has 8 heteroatoms. The van der Waals surface area contributed by atoms with Crippen LogP contribution < -0.4 is 14.8 Å². The van der Waals surface area contributed by atoms with Gasteiger partial charge in [0.15, 0.2) is 6.10 Å². The summed E-state index contributed by atoms with van der Waals surface area (Å²) in [6.45, 7) is 7.60. The summed E-state index contributed by atoms with van der Waals surface area (Å²) in [4.78, 5) is 12.6. The van der Waals surface area contributed by atoms with Crippen LogP contribution in [0.2, 0.25) is 0 Å². The van der Waals surface area contributed by atoms with E-state index in [4.69, 9.17) is 9.47 Å². The largest absolute Gasteiger partial charge is 0.492 e. The highest BCUT2D eigenvalue weighted by atomic mass is 32.2. The van der Waals surface area contributed by atoms with E-state index in [2.05, 4.69) is 19.2 Å². The van der Waals surface area contributed by atoms with Gasteiger partial charge in [-0.15, -0.1) is 0 Å². The molecule has 0 bridgehead atoms. The molecule has 32 heavy (non-hydrogen) atoms. The number of amides is 1. The minimum atomic E-state index is -3.43. The summed E-state index contributed by atoms with van der Waals surface area (Å²) in [5.74, 6) is 1.34. The molecule has 1 fully saturated rings. The zero-order valence-corrected chi connectivity index (χ0v) is 19.7. The van der Waals surface area contributed by atoms with Crippen LogP contribution >= 0.6 is 0 Å². The van der Waals surface area contributed by atoms with E-state index >= 15 is 0 Å². The summed E-state index contributed by atoms with van der Waals surface area (Å²) < 4.78 is 38.1. The van der Waals surface area contributed by atoms with Crippen molar-refractivity contribution in [3.63, 3.8) is 0 Å². The number of carbonyl (C=O) groups excluding carboxylic acids is 1. The molecule has 0 spiro atoms. The third-order valence-electron chi connectivity index (χ3n) is 5.41. The Balaban J connectivity index is 1.44. The van der Waals surface area contributed by atoms with E-state index in [1.807, 2.05) is 24.3 Å². The van der Waals surface area contributed by atoms with Crippen molar-refractivity contribution < 1.29 is 22.7 Å². The van der Waals surface area contributed by atoms with Crippen LogP contribution in [0.4, 0.5) is 0 Å². The summed E-state index contributed by atoms with van der Waals surface area (Å²) in [6, 6.07) is 14.1. The zero-order valence-electron chi connectivity index (χ0n) is 18.9. The van der Waals surface area contributed by atoms with E-state index < -0.39 is 16.1 Å². The minimum Gasteiger partial charge on any atom is -0.492 e. The van der Waals surface area contributed by atoms with Gasteiger partial charge in [-0.25, -0.2) is 8.42 Å². The normalized spacial score (nSPS) is 15.5. The Labute approximate surface area is 190 Å². The Morgan fingerprint density at radius 2 is 1.69 bits per heavy atom. The lowest BCUT2D eigenvalue weighted by atomic mass is 10.0. The van der Waals surface area contributed by atoms with E-state index in [1.54, 1.807) is 31.2 Å². The van der Waals surface area contributed by atoms with Crippen LogP contribution in [-0.2, 0) is 14.8 Å². The Bertz CT molecular complexity index is 999. The van der Waals surface area contributed by atoms with Crippen molar-refractivity contribution in [2.24, 2.45) is 0 Å². The number of carbonyl (C=O) groups is 1. The lowest BCUT2D eigenvalue weighted by molar-refractivity contribution is -0.127. The summed E-state index contributed by atoms with van der Waals surface area (Å²) in [5.41, 5.74) is 1.06. The summed E-state index contributed by atoms with van der Waals surface area (Å²) in [6.07, 6.45) is 1.17. The number of hydrogen-bond donors (Lipinski definition) is 1. The van der Waals surface area contributed by atoms with Gasteiger partial charge in [0.2, 0.25) is 10.0 Å². The molecule has 1 heterocycles. The summed E-state index contributed by atoms with van der Waals surface area (Å²) in [7, 11) is -3.43. The molecule has 0 aromatic heterocycles. The fraction of sp³-hybridized carbons (Fsp3) is 0.458. The van der Waals surface area contributed by atoms with Gasteiger partial charge in [0.1, 0.15) is 18.1 Å². The van der Waals surface area contributed by atoms with E-state index in [9.17, 15) is 13.2 Å². The number of benzene rings is 2. The molecule has 174 valence electrons. The Morgan fingerprint density at radius 1 is 1.03 bits per heavy atom. The first-order valence-corrected chi connectivity index (χ1v) is 12.5. The first-order chi connectivity index (χ1) is 15.3. The van der Waals surface area contributed by atoms with Crippen LogP contribution in [0.25, 0.3) is 0 Å². The molecule has 2 aromatic rings. The van der Waals surface area contributed by atoms with Gasteiger partial charge in [-0.05, 0) is 61.6 Å². The Hall–Kier alpha value is -2.58. The molecule has 1 amide bonds. The molecule has 0 radical (unpaired) electrons. The van der Waals surface area contributed by atoms with E-state index in [1.165, 1.54) is 4.31 Å². The topological polar surface area (TPSA) is 84.9 Å². The summed E-state index contributed by atoms with van der Waals surface area (Å²) >= 11 is 0. The molecule has 1 N–H and O–H groups in total. The monoisotopic (exact) mass is 460 g/mol. The van der Waals surface area contributed by atoms with Gasteiger partial charge in [-0.3, -0.25) is 4.79 Å². The highest BCUT2D eigenvalue weighted by Gasteiger charge is 2.27. The number of ether oxygens (including phenoxy) is 2. The van der Waals surface area contributed by atoms with Gasteiger partial charge in [0.05, 0.1) is 11.4 Å².